The average molecular weight is 330 g/mol. The van der Waals surface area contributed by atoms with Gasteiger partial charge in [-0.15, -0.1) is 0 Å². The minimum Gasteiger partial charge on any atom is -0.452 e. The van der Waals surface area contributed by atoms with Crippen molar-refractivity contribution in [1.82, 2.24) is 9.80 Å². The molecule has 1 saturated heterocycles. The zero-order chi connectivity index (χ0) is 17.5. The summed E-state index contributed by atoms with van der Waals surface area (Å²) in [7, 11) is 0. The number of aryl methyl sites for hydroxylation is 1. The maximum atomic E-state index is 12.0. The van der Waals surface area contributed by atoms with Crippen molar-refractivity contribution < 1.29 is 19.1 Å². The van der Waals surface area contributed by atoms with Crippen molar-refractivity contribution in [3.05, 3.63) is 41.5 Å². The van der Waals surface area contributed by atoms with Crippen LogP contribution in [0.3, 0.4) is 0 Å². The molecule has 1 heterocycles. The number of nitrogens with zero attached hydrogens (tertiary/aromatic N) is 2. The Hall–Kier alpha value is -2.63. The second kappa shape index (κ2) is 8.29. The van der Waals surface area contributed by atoms with Crippen LogP contribution < -0.4 is 0 Å². The number of rotatable bonds is 4. The van der Waals surface area contributed by atoms with E-state index in [-0.39, 0.29) is 18.4 Å². The van der Waals surface area contributed by atoms with Crippen LogP contribution in [-0.2, 0) is 19.1 Å². The lowest BCUT2D eigenvalue weighted by molar-refractivity contribution is -0.149. The molecule has 0 saturated carbocycles. The van der Waals surface area contributed by atoms with E-state index in [4.69, 9.17) is 4.74 Å². The zero-order valence-electron chi connectivity index (χ0n) is 14.0. The number of ether oxygens (including phenoxy) is 1. The topological polar surface area (TPSA) is 66.9 Å². The first-order valence-electron chi connectivity index (χ1n) is 7.91. The van der Waals surface area contributed by atoms with Gasteiger partial charge in [-0.1, -0.05) is 24.3 Å². The second-order valence-electron chi connectivity index (χ2n) is 5.68. The van der Waals surface area contributed by atoms with Crippen LogP contribution in [0.1, 0.15) is 18.1 Å². The number of amides is 2. The lowest BCUT2D eigenvalue weighted by Gasteiger charge is -2.34. The Balaban J connectivity index is 1.77. The van der Waals surface area contributed by atoms with Crippen molar-refractivity contribution in [2.45, 2.75) is 13.8 Å². The summed E-state index contributed by atoms with van der Waals surface area (Å²) in [5.41, 5.74) is 1.99. The lowest BCUT2D eigenvalue weighted by atomic mass is 10.1. The summed E-state index contributed by atoms with van der Waals surface area (Å²) < 4.78 is 5.00. The van der Waals surface area contributed by atoms with E-state index >= 15 is 0 Å². The largest absolute Gasteiger partial charge is 0.452 e. The third kappa shape index (κ3) is 4.94. The fraction of sp³-hybridized carbons (Fsp3) is 0.389. The molecule has 0 aliphatic carbocycles. The van der Waals surface area contributed by atoms with Crippen molar-refractivity contribution in [2.75, 3.05) is 32.8 Å². The molecule has 128 valence electrons. The Morgan fingerprint density at radius 2 is 1.71 bits per heavy atom. The lowest BCUT2D eigenvalue weighted by Crippen LogP contribution is -2.51. The van der Waals surface area contributed by atoms with Crippen molar-refractivity contribution in [2.24, 2.45) is 0 Å². The third-order valence-electron chi connectivity index (χ3n) is 4.00. The molecular formula is C18H22N2O4. The molecule has 1 aliphatic heterocycles. The van der Waals surface area contributed by atoms with Gasteiger partial charge in [-0.2, -0.15) is 0 Å². The minimum absolute atomic E-state index is 0.00914. The van der Waals surface area contributed by atoms with E-state index in [9.17, 15) is 14.4 Å². The molecule has 0 bridgehead atoms. The van der Waals surface area contributed by atoms with Crippen LogP contribution >= 0.6 is 0 Å². The average Bonchev–Trinajstić information content (AvgIpc) is 2.59. The van der Waals surface area contributed by atoms with E-state index in [1.807, 2.05) is 31.2 Å². The van der Waals surface area contributed by atoms with Crippen molar-refractivity contribution >= 4 is 23.9 Å². The summed E-state index contributed by atoms with van der Waals surface area (Å²) in [5, 5.41) is 0. The highest BCUT2D eigenvalue weighted by atomic mass is 16.5. The Bertz CT molecular complexity index is 646. The monoisotopic (exact) mass is 330 g/mol. The van der Waals surface area contributed by atoms with Crippen LogP contribution in [0.2, 0.25) is 0 Å². The van der Waals surface area contributed by atoms with Crippen LogP contribution in [0, 0.1) is 6.92 Å². The van der Waals surface area contributed by atoms with E-state index in [0.29, 0.717) is 26.2 Å². The Labute approximate surface area is 141 Å². The van der Waals surface area contributed by atoms with E-state index in [1.165, 1.54) is 13.0 Å². The molecule has 24 heavy (non-hydrogen) atoms. The number of carbonyl (C=O) groups is 3. The van der Waals surface area contributed by atoms with Crippen molar-refractivity contribution in [3.8, 4) is 0 Å². The van der Waals surface area contributed by atoms with Gasteiger partial charge in [0, 0.05) is 39.2 Å². The minimum atomic E-state index is -0.547. The number of hydrogen-bond donors (Lipinski definition) is 0. The molecule has 1 fully saturated rings. The first-order chi connectivity index (χ1) is 11.5. The molecule has 6 nitrogen and oxygen atoms in total. The normalized spacial score (nSPS) is 14.8. The zero-order valence-corrected chi connectivity index (χ0v) is 14.0. The molecule has 0 unspecified atom stereocenters. The van der Waals surface area contributed by atoms with E-state index in [1.54, 1.807) is 15.9 Å². The standard InChI is InChI=1S/C18H22N2O4/c1-14-5-3-4-6-16(14)7-8-18(23)24-13-17(22)20-11-9-19(10-12-20)15(2)21/h3-8H,9-13H2,1-2H3/b8-7+. The van der Waals surface area contributed by atoms with E-state index in [2.05, 4.69) is 0 Å². The molecule has 6 heteroatoms. The number of carbonyl (C=O) groups excluding carboxylic acids is 3. The quantitative estimate of drug-likeness (QED) is 0.615. The molecule has 2 amide bonds. The first-order valence-corrected chi connectivity index (χ1v) is 7.91. The van der Waals surface area contributed by atoms with Crippen LogP contribution in [0.5, 0.6) is 0 Å². The fourth-order valence-electron chi connectivity index (χ4n) is 2.47. The van der Waals surface area contributed by atoms with Gasteiger partial charge in [0.2, 0.25) is 5.91 Å². The highest BCUT2D eigenvalue weighted by Gasteiger charge is 2.22. The molecular weight excluding hydrogens is 308 g/mol. The maximum Gasteiger partial charge on any atom is 0.331 e. The number of benzene rings is 1. The molecule has 1 aromatic rings. The van der Waals surface area contributed by atoms with Gasteiger partial charge in [-0.3, -0.25) is 9.59 Å². The Morgan fingerprint density at radius 1 is 1.08 bits per heavy atom. The van der Waals surface area contributed by atoms with Gasteiger partial charge in [0.15, 0.2) is 6.61 Å². The molecule has 1 aliphatic rings. The molecule has 1 aromatic carbocycles. The SMILES string of the molecule is CC(=O)N1CCN(C(=O)COC(=O)/C=C/c2ccccc2C)CC1. The molecule has 0 aromatic heterocycles. The summed E-state index contributed by atoms with van der Waals surface area (Å²) in [6, 6.07) is 7.67. The summed E-state index contributed by atoms with van der Waals surface area (Å²) >= 11 is 0. The van der Waals surface area contributed by atoms with Gasteiger partial charge in [-0.05, 0) is 24.1 Å². The van der Waals surface area contributed by atoms with Gasteiger partial charge in [0.25, 0.3) is 5.91 Å². The highest BCUT2D eigenvalue weighted by molar-refractivity contribution is 5.89. The summed E-state index contributed by atoms with van der Waals surface area (Å²) in [4.78, 5) is 38.3. The fourth-order valence-corrected chi connectivity index (χ4v) is 2.47. The summed E-state index contributed by atoms with van der Waals surface area (Å²) in [6.45, 7) is 5.15. The molecule has 0 spiro atoms. The van der Waals surface area contributed by atoms with Gasteiger partial charge in [0.1, 0.15) is 0 Å². The van der Waals surface area contributed by atoms with E-state index < -0.39 is 5.97 Å². The van der Waals surface area contributed by atoms with Gasteiger partial charge < -0.3 is 14.5 Å². The Kier molecular flexibility index (Phi) is 6.12. The van der Waals surface area contributed by atoms with Gasteiger partial charge >= 0.3 is 5.97 Å². The molecule has 0 radical (unpaired) electrons. The second-order valence-corrected chi connectivity index (χ2v) is 5.68. The highest BCUT2D eigenvalue weighted by Crippen LogP contribution is 2.09. The predicted molar refractivity (Wildman–Crippen MR) is 90.0 cm³/mol. The molecule has 0 atom stereocenters. The van der Waals surface area contributed by atoms with E-state index in [0.717, 1.165) is 11.1 Å². The number of piperazine rings is 1. The first kappa shape index (κ1) is 17.7. The molecule has 2 rings (SSSR count). The summed E-state index contributed by atoms with van der Waals surface area (Å²) in [6.07, 6.45) is 3.00. The summed E-state index contributed by atoms with van der Waals surface area (Å²) in [5.74, 6) is -0.778. The number of esters is 1. The Morgan fingerprint density at radius 3 is 2.33 bits per heavy atom. The van der Waals surface area contributed by atoms with Gasteiger partial charge in [0.05, 0.1) is 0 Å². The van der Waals surface area contributed by atoms with Crippen molar-refractivity contribution in [1.29, 1.82) is 0 Å². The maximum absolute atomic E-state index is 12.0. The van der Waals surface area contributed by atoms with Crippen LogP contribution in [0.15, 0.2) is 30.3 Å². The van der Waals surface area contributed by atoms with Gasteiger partial charge in [-0.25, -0.2) is 4.79 Å². The third-order valence-corrected chi connectivity index (χ3v) is 4.00. The van der Waals surface area contributed by atoms with Crippen LogP contribution in [0.4, 0.5) is 0 Å². The van der Waals surface area contributed by atoms with Crippen LogP contribution in [0.25, 0.3) is 6.08 Å². The molecule has 0 N–H and O–H groups in total. The number of hydrogen-bond acceptors (Lipinski definition) is 4. The van der Waals surface area contributed by atoms with Crippen LogP contribution in [-0.4, -0.2) is 60.4 Å². The van der Waals surface area contributed by atoms with Crippen molar-refractivity contribution in [3.63, 3.8) is 0 Å². The predicted octanol–water partition coefficient (Wildman–Crippen LogP) is 1.24. The smallest absolute Gasteiger partial charge is 0.331 e.